The number of hydrogen-bond acceptors (Lipinski definition) is 3. The molecule has 1 atom stereocenters. The second kappa shape index (κ2) is 4.11. The minimum absolute atomic E-state index is 0.286. The highest BCUT2D eigenvalue weighted by atomic mass is 16.3. The van der Waals surface area contributed by atoms with Gasteiger partial charge >= 0.3 is 0 Å². The van der Waals surface area contributed by atoms with Gasteiger partial charge in [-0.25, -0.2) is 4.98 Å². The van der Waals surface area contributed by atoms with Crippen LogP contribution in [0.5, 0.6) is 0 Å². The maximum absolute atomic E-state index is 9.49. The molecule has 4 heteroatoms. The normalized spacial score (nSPS) is 14.4. The number of aryl methyl sites for hydroxylation is 1. The Morgan fingerprint density at radius 3 is 2.71 bits per heavy atom. The van der Waals surface area contributed by atoms with Gasteiger partial charge in [-0.15, -0.1) is 0 Å². The van der Waals surface area contributed by atoms with E-state index >= 15 is 0 Å². The molecule has 0 saturated carbocycles. The number of rotatable bonds is 4. The lowest BCUT2D eigenvalue weighted by Crippen LogP contribution is -2.48. The topological polar surface area (TPSA) is 50.1 Å². The van der Waals surface area contributed by atoms with E-state index in [0.717, 1.165) is 5.82 Å². The summed E-state index contributed by atoms with van der Waals surface area (Å²) in [6.45, 7) is 6.40. The summed E-state index contributed by atoms with van der Waals surface area (Å²) in [5.74, 6) is 0.971. The quantitative estimate of drug-likeness (QED) is 0.746. The number of hydrogen-bond donors (Lipinski definition) is 2. The maximum atomic E-state index is 9.49. The summed E-state index contributed by atoms with van der Waals surface area (Å²) in [4.78, 5) is 4.20. The Morgan fingerprint density at radius 1 is 1.64 bits per heavy atom. The van der Waals surface area contributed by atoms with Crippen molar-refractivity contribution in [3.05, 3.63) is 18.2 Å². The average Bonchev–Trinajstić information content (AvgIpc) is 2.47. The molecule has 0 spiro atoms. The van der Waals surface area contributed by atoms with Crippen LogP contribution in [0.15, 0.2) is 12.4 Å². The Labute approximate surface area is 85.0 Å². The minimum Gasteiger partial charge on any atom is -0.392 e. The number of aromatic nitrogens is 2. The third kappa shape index (κ3) is 2.56. The molecule has 1 aromatic rings. The lowest BCUT2D eigenvalue weighted by molar-refractivity contribution is 0.0950. The largest absolute Gasteiger partial charge is 0.392 e. The predicted octanol–water partition coefficient (Wildman–Crippen LogP) is 0.669. The van der Waals surface area contributed by atoms with E-state index in [1.807, 2.05) is 31.7 Å². The first kappa shape index (κ1) is 11.2. The molecule has 0 fully saturated rings. The van der Waals surface area contributed by atoms with E-state index in [0.29, 0.717) is 6.54 Å². The zero-order valence-corrected chi connectivity index (χ0v) is 9.28. The fourth-order valence-corrected chi connectivity index (χ4v) is 1.02. The van der Waals surface area contributed by atoms with E-state index in [-0.39, 0.29) is 11.6 Å². The second-order valence-corrected chi connectivity index (χ2v) is 4.21. The van der Waals surface area contributed by atoms with Crippen LogP contribution in [0.2, 0.25) is 0 Å². The van der Waals surface area contributed by atoms with Crippen molar-refractivity contribution in [2.75, 3.05) is 0 Å². The van der Waals surface area contributed by atoms with Gasteiger partial charge in [0, 0.05) is 25.0 Å². The molecule has 0 aliphatic carbocycles. The van der Waals surface area contributed by atoms with Crippen molar-refractivity contribution in [2.24, 2.45) is 7.05 Å². The van der Waals surface area contributed by atoms with Gasteiger partial charge in [0.15, 0.2) is 0 Å². The van der Waals surface area contributed by atoms with Gasteiger partial charge in [-0.1, -0.05) is 0 Å². The van der Waals surface area contributed by atoms with Crippen molar-refractivity contribution < 1.29 is 5.11 Å². The molecule has 0 radical (unpaired) electrons. The Morgan fingerprint density at radius 2 is 2.29 bits per heavy atom. The van der Waals surface area contributed by atoms with E-state index in [1.54, 1.807) is 13.1 Å². The summed E-state index contributed by atoms with van der Waals surface area (Å²) < 4.78 is 1.96. The van der Waals surface area contributed by atoms with Crippen molar-refractivity contribution in [1.29, 1.82) is 0 Å². The molecule has 4 nitrogen and oxygen atoms in total. The van der Waals surface area contributed by atoms with Crippen LogP contribution in [-0.4, -0.2) is 26.3 Å². The highest BCUT2D eigenvalue weighted by molar-refractivity contribution is 4.93. The summed E-state index contributed by atoms with van der Waals surface area (Å²) >= 11 is 0. The molecule has 1 heterocycles. The summed E-state index contributed by atoms with van der Waals surface area (Å²) in [5, 5.41) is 12.8. The Bertz CT molecular complexity index is 291. The van der Waals surface area contributed by atoms with Gasteiger partial charge in [-0.2, -0.15) is 0 Å². The molecular formula is C10H19N3O. The zero-order chi connectivity index (χ0) is 10.8. The highest BCUT2D eigenvalue weighted by Gasteiger charge is 2.23. The Kier molecular flexibility index (Phi) is 3.29. The molecule has 14 heavy (non-hydrogen) atoms. The molecule has 0 aliphatic rings. The van der Waals surface area contributed by atoms with Crippen LogP contribution in [0.3, 0.4) is 0 Å². The Balaban J connectivity index is 2.53. The van der Waals surface area contributed by atoms with Gasteiger partial charge in [0.25, 0.3) is 0 Å². The fraction of sp³-hybridized carbons (Fsp3) is 0.700. The molecule has 0 aromatic carbocycles. The van der Waals surface area contributed by atoms with Gasteiger partial charge in [0.1, 0.15) is 5.82 Å². The van der Waals surface area contributed by atoms with E-state index in [9.17, 15) is 5.11 Å². The average molecular weight is 197 g/mol. The number of aliphatic hydroxyl groups is 1. The number of aliphatic hydroxyl groups excluding tert-OH is 1. The number of nitrogens with zero attached hydrogens (tertiary/aromatic N) is 2. The molecule has 1 rings (SSSR count). The lowest BCUT2D eigenvalue weighted by Gasteiger charge is -2.29. The van der Waals surface area contributed by atoms with Crippen molar-refractivity contribution in [1.82, 2.24) is 14.9 Å². The van der Waals surface area contributed by atoms with Crippen LogP contribution in [0.4, 0.5) is 0 Å². The summed E-state index contributed by atoms with van der Waals surface area (Å²) in [7, 11) is 1.96. The van der Waals surface area contributed by atoms with Gasteiger partial charge in [-0.3, -0.25) is 0 Å². The van der Waals surface area contributed by atoms with Crippen molar-refractivity contribution in [3.8, 4) is 0 Å². The standard InChI is InChI=1S/C10H19N3O/c1-8(14)10(2,3)12-7-9-11-5-6-13(9)4/h5-6,8,12,14H,7H2,1-4H3. The lowest BCUT2D eigenvalue weighted by atomic mass is 9.99. The summed E-state index contributed by atoms with van der Waals surface area (Å²) in [6.07, 6.45) is 3.29. The van der Waals surface area contributed by atoms with Crippen LogP contribution in [0, 0.1) is 0 Å². The van der Waals surface area contributed by atoms with E-state index in [4.69, 9.17) is 0 Å². The van der Waals surface area contributed by atoms with E-state index in [2.05, 4.69) is 10.3 Å². The summed E-state index contributed by atoms with van der Waals surface area (Å²) in [5.41, 5.74) is -0.286. The van der Waals surface area contributed by atoms with E-state index in [1.165, 1.54) is 0 Å². The van der Waals surface area contributed by atoms with Gasteiger partial charge < -0.3 is 15.0 Å². The fourth-order valence-electron chi connectivity index (χ4n) is 1.02. The molecular weight excluding hydrogens is 178 g/mol. The highest BCUT2D eigenvalue weighted by Crippen LogP contribution is 2.09. The minimum atomic E-state index is -0.386. The van der Waals surface area contributed by atoms with Crippen molar-refractivity contribution in [2.45, 2.75) is 39.0 Å². The molecule has 0 aliphatic heterocycles. The predicted molar refractivity (Wildman–Crippen MR) is 55.8 cm³/mol. The van der Waals surface area contributed by atoms with Gasteiger partial charge in [0.05, 0.1) is 12.6 Å². The first-order chi connectivity index (χ1) is 6.43. The summed E-state index contributed by atoms with van der Waals surface area (Å²) in [6, 6.07) is 0. The monoisotopic (exact) mass is 197 g/mol. The molecule has 1 aromatic heterocycles. The SMILES string of the molecule is CC(O)C(C)(C)NCc1nccn1C. The number of nitrogens with one attached hydrogen (secondary N) is 1. The number of imidazole rings is 1. The first-order valence-corrected chi connectivity index (χ1v) is 4.83. The molecule has 0 amide bonds. The molecule has 1 unspecified atom stereocenters. The first-order valence-electron chi connectivity index (χ1n) is 4.83. The van der Waals surface area contributed by atoms with Crippen LogP contribution >= 0.6 is 0 Å². The van der Waals surface area contributed by atoms with Crippen LogP contribution in [0.25, 0.3) is 0 Å². The van der Waals surface area contributed by atoms with Crippen molar-refractivity contribution in [3.63, 3.8) is 0 Å². The maximum Gasteiger partial charge on any atom is 0.122 e. The zero-order valence-electron chi connectivity index (χ0n) is 9.28. The third-order valence-corrected chi connectivity index (χ3v) is 2.67. The van der Waals surface area contributed by atoms with Gasteiger partial charge in [0.2, 0.25) is 0 Å². The molecule has 2 N–H and O–H groups in total. The Hall–Kier alpha value is -0.870. The smallest absolute Gasteiger partial charge is 0.122 e. The van der Waals surface area contributed by atoms with Crippen molar-refractivity contribution >= 4 is 0 Å². The van der Waals surface area contributed by atoms with Crippen LogP contribution in [0.1, 0.15) is 26.6 Å². The molecule has 0 bridgehead atoms. The second-order valence-electron chi connectivity index (χ2n) is 4.21. The molecule has 80 valence electrons. The van der Waals surface area contributed by atoms with Crippen LogP contribution < -0.4 is 5.32 Å². The van der Waals surface area contributed by atoms with E-state index < -0.39 is 0 Å². The third-order valence-electron chi connectivity index (χ3n) is 2.67. The molecule has 0 saturated heterocycles. The van der Waals surface area contributed by atoms with Gasteiger partial charge in [-0.05, 0) is 20.8 Å². The van der Waals surface area contributed by atoms with Crippen LogP contribution in [-0.2, 0) is 13.6 Å².